The van der Waals surface area contributed by atoms with E-state index in [9.17, 15) is 25.2 Å². The lowest BCUT2D eigenvalue weighted by Gasteiger charge is -2.60. The molecule has 5 aliphatic rings. The number of carbonyl (C=O) groups excluding carboxylic acids is 1. The number of unbranched alkanes of at least 4 members (excludes halogenated alkanes) is 10. The van der Waals surface area contributed by atoms with Crippen molar-refractivity contribution in [2.75, 3.05) is 6.61 Å². The topological polar surface area (TPSA) is 126 Å². The van der Waals surface area contributed by atoms with Gasteiger partial charge in [0.25, 0.3) is 5.97 Å². The fourth-order valence-corrected chi connectivity index (χ4v) is 9.48. The Bertz CT molecular complexity index is 1110. The lowest BCUT2D eigenvalue weighted by Crippen LogP contribution is -2.73. The summed E-state index contributed by atoms with van der Waals surface area (Å²) in [5.41, 5.74) is -3.79. The number of ether oxygens (including phenoxy) is 3. The van der Waals surface area contributed by atoms with E-state index in [4.69, 9.17) is 25.8 Å². The zero-order valence-corrected chi connectivity index (χ0v) is 27.2. The standard InChI is InChI=1S/C34H53ClO8/c1-6-7-8-9-10-11-12-13-14-15-16-17-32-41-28-25-27(38)30(35,20-36)29(39)33(40)24(18-22(4)26(33)37)34(25,43-32)23(5)19-31(28,42-32)21(2)3/h18,23-25,27-29,36,38-40H,2,6-17,19-20H2,1,3-5H3/t23-,24-,25+,27-,28-,29-,30-,31-,32-,33-,34+/m1/s1. The van der Waals surface area contributed by atoms with Crippen LogP contribution in [0.15, 0.2) is 23.8 Å². The number of carbonyl (C=O) groups is 1. The molecule has 0 unspecified atom stereocenters. The summed E-state index contributed by atoms with van der Waals surface area (Å²) in [5, 5.41) is 46.2. The van der Waals surface area contributed by atoms with Crippen LogP contribution in [0.4, 0.5) is 0 Å². The number of fused-ring (bicyclic) bond motifs is 2. The van der Waals surface area contributed by atoms with Crippen LogP contribution in [0.1, 0.15) is 111 Å². The lowest BCUT2D eigenvalue weighted by molar-refractivity contribution is -0.433. The van der Waals surface area contributed by atoms with Crippen molar-refractivity contribution < 1.29 is 39.4 Å². The van der Waals surface area contributed by atoms with Crippen molar-refractivity contribution >= 4 is 17.4 Å². The highest BCUT2D eigenvalue weighted by Gasteiger charge is 2.84. The molecule has 8 nitrogen and oxygen atoms in total. The Kier molecular flexibility index (Phi) is 9.41. The van der Waals surface area contributed by atoms with E-state index in [1.54, 1.807) is 13.0 Å². The van der Waals surface area contributed by atoms with Gasteiger partial charge in [-0.2, -0.15) is 0 Å². The lowest BCUT2D eigenvalue weighted by atomic mass is 9.54. The zero-order chi connectivity index (χ0) is 31.4. The third-order valence-electron chi connectivity index (χ3n) is 11.5. The van der Waals surface area contributed by atoms with Gasteiger partial charge in [-0.25, -0.2) is 0 Å². The van der Waals surface area contributed by atoms with Crippen LogP contribution in [0.25, 0.3) is 0 Å². The molecule has 2 saturated carbocycles. The average Bonchev–Trinajstić information content (AvgIpc) is 3.32. The van der Waals surface area contributed by atoms with E-state index in [-0.39, 0.29) is 11.5 Å². The molecule has 11 atom stereocenters. The molecule has 0 aromatic carbocycles. The molecule has 0 spiro atoms. The molecule has 5 rings (SSSR count). The van der Waals surface area contributed by atoms with Gasteiger partial charge in [0.15, 0.2) is 11.4 Å². The number of hydrogen-bond donors (Lipinski definition) is 4. The first-order chi connectivity index (χ1) is 20.3. The van der Waals surface area contributed by atoms with Gasteiger partial charge in [-0.1, -0.05) is 90.7 Å². The quantitative estimate of drug-likeness (QED) is 0.120. The molecule has 43 heavy (non-hydrogen) atoms. The summed E-state index contributed by atoms with van der Waals surface area (Å²) in [6.45, 7) is 11.0. The Balaban J connectivity index is 1.42. The van der Waals surface area contributed by atoms with E-state index < -0.39 is 70.2 Å². The molecule has 244 valence electrons. The van der Waals surface area contributed by atoms with Gasteiger partial charge in [-0.05, 0) is 43.8 Å². The summed E-state index contributed by atoms with van der Waals surface area (Å²) in [7, 11) is 0. The van der Waals surface area contributed by atoms with E-state index in [0.717, 1.165) is 24.8 Å². The molecule has 3 bridgehead atoms. The molecule has 4 N–H and O–H groups in total. The Morgan fingerprint density at radius 2 is 1.63 bits per heavy atom. The number of aliphatic hydroxyl groups excluding tert-OH is 3. The van der Waals surface area contributed by atoms with E-state index in [2.05, 4.69) is 13.5 Å². The smallest absolute Gasteiger partial charge is 0.284 e. The number of alkyl halides is 1. The van der Waals surface area contributed by atoms with Gasteiger partial charge >= 0.3 is 0 Å². The van der Waals surface area contributed by atoms with Crippen LogP contribution in [0, 0.1) is 17.8 Å². The summed E-state index contributed by atoms with van der Waals surface area (Å²) >= 11 is 6.86. The Morgan fingerprint density at radius 3 is 2.19 bits per heavy atom. The third kappa shape index (κ3) is 4.84. The van der Waals surface area contributed by atoms with Crippen LogP contribution in [0.3, 0.4) is 0 Å². The second-order valence-electron chi connectivity index (χ2n) is 14.3. The largest absolute Gasteiger partial charge is 0.394 e. The number of hydrogen-bond acceptors (Lipinski definition) is 8. The Hall–Kier alpha value is -0.840. The van der Waals surface area contributed by atoms with Crippen molar-refractivity contribution in [2.24, 2.45) is 17.8 Å². The molecule has 0 aromatic heterocycles. The third-order valence-corrected chi connectivity index (χ3v) is 12.1. The first-order valence-corrected chi connectivity index (χ1v) is 17.0. The molecule has 9 heteroatoms. The van der Waals surface area contributed by atoms with Crippen LogP contribution in [-0.4, -0.2) is 78.8 Å². The minimum Gasteiger partial charge on any atom is -0.394 e. The highest BCUT2D eigenvalue weighted by Crippen LogP contribution is 2.70. The Labute approximate surface area is 261 Å². The number of halogens is 1. The number of aliphatic hydroxyl groups is 4. The Morgan fingerprint density at radius 1 is 1.05 bits per heavy atom. The van der Waals surface area contributed by atoms with Crippen molar-refractivity contribution in [3.63, 3.8) is 0 Å². The van der Waals surface area contributed by atoms with Crippen LogP contribution in [-0.2, 0) is 19.0 Å². The highest BCUT2D eigenvalue weighted by molar-refractivity contribution is 6.25. The predicted octanol–water partition coefficient (Wildman–Crippen LogP) is 5.08. The minimum atomic E-state index is -2.41. The summed E-state index contributed by atoms with van der Waals surface area (Å²) in [5.74, 6) is -4.50. The second kappa shape index (κ2) is 12.1. The van der Waals surface area contributed by atoms with Gasteiger partial charge < -0.3 is 34.6 Å². The second-order valence-corrected chi connectivity index (χ2v) is 15.0. The van der Waals surface area contributed by atoms with Gasteiger partial charge in [-0.15, -0.1) is 11.6 Å². The van der Waals surface area contributed by atoms with Gasteiger partial charge in [0.2, 0.25) is 0 Å². The molecule has 2 aliphatic heterocycles. The summed E-state index contributed by atoms with van der Waals surface area (Å²) in [4.78, 5) is 11.4. The van der Waals surface area contributed by atoms with Crippen LogP contribution in [0.2, 0.25) is 0 Å². The zero-order valence-electron chi connectivity index (χ0n) is 26.4. The maximum atomic E-state index is 13.6. The van der Waals surface area contributed by atoms with E-state index in [1.165, 1.54) is 51.4 Å². The summed E-state index contributed by atoms with van der Waals surface area (Å²) in [6.07, 6.45) is 11.2. The van der Waals surface area contributed by atoms with Gasteiger partial charge in [0.1, 0.15) is 22.7 Å². The number of Topliss-reactive ketones (excluding diaryl/α,β-unsaturated/α-hetero) is 1. The SMILES string of the molecule is C=C(C)[C@]12C[C@@H](C)[C@@]34O[C@](CCCCCCCCCCCCC)(O[C@@H]1[C@@H]3[C@@H](O)[C@](Cl)(CO)[C@@H](O)[C@]1(O)C(=O)C(C)=C[C@H]14)O2. The minimum absolute atomic E-state index is 0.278. The number of rotatable bonds is 14. The number of ketones is 1. The fourth-order valence-electron chi connectivity index (χ4n) is 9.18. The summed E-state index contributed by atoms with van der Waals surface area (Å²) in [6, 6.07) is 0. The van der Waals surface area contributed by atoms with Crippen LogP contribution < -0.4 is 0 Å². The van der Waals surface area contributed by atoms with Crippen molar-refractivity contribution in [3.8, 4) is 0 Å². The van der Waals surface area contributed by atoms with Crippen molar-refractivity contribution in [2.45, 2.75) is 157 Å². The van der Waals surface area contributed by atoms with E-state index >= 15 is 0 Å². The molecular weight excluding hydrogens is 572 g/mol. The van der Waals surface area contributed by atoms with Gasteiger partial charge in [-0.3, -0.25) is 4.79 Å². The first-order valence-electron chi connectivity index (χ1n) is 16.7. The molecule has 2 saturated heterocycles. The van der Waals surface area contributed by atoms with E-state index in [0.29, 0.717) is 12.8 Å². The van der Waals surface area contributed by atoms with Gasteiger partial charge in [0, 0.05) is 18.3 Å². The maximum Gasteiger partial charge on any atom is 0.284 e. The molecule has 4 fully saturated rings. The average molecular weight is 625 g/mol. The van der Waals surface area contributed by atoms with Gasteiger partial charge in [0.05, 0.1) is 18.3 Å². The first kappa shape index (κ1) is 33.5. The van der Waals surface area contributed by atoms with Crippen LogP contribution in [0.5, 0.6) is 0 Å². The molecule has 2 heterocycles. The summed E-state index contributed by atoms with van der Waals surface area (Å²) < 4.78 is 20.4. The van der Waals surface area contributed by atoms with Crippen molar-refractivity contribution in [3.05, 3.63) is 23.8 Å². The van der Waals surface area contributed by atoms with Crippen LogP contribution >= 0.6 is 11.6 Å². The maximum absolute atomic E-state index is 13.6. The molecule has 0 aromatic rings. The monoisotopic (exact) mass is 624 g/mol. The van der Waals surface area contributed by atoms with Crippen molar-refractivity contribution in [1.82, 2.24) is 0 Å². The normalized spacial score (nSPS) is 46.4. The predicted molar refractivity (Wildman–Crippen MR) is 163 cm³/mol. The highest BCUT2D eigenvalue weighted by atomic mass is 35.5. The molecule has 0 amide bonds. The fraction of sp³-hybridized carbons (Fsp3) is 0.853. The van der Waals surface area contributed by atoms with Crippen molar-refractivity contribution in [1.29, 1.82) is 0 Å². The molecule has 0 radical (unpaired) electrons. The molecule has 3 aliphatic carbocycles. The van der Waals surface area contributed by atoms with E-state index in [1.807, 2.05) is 13.8 Å². The molecular formula is C34H53ClO8.